The van der Waals surface area contributed by atoms with Crippen LogP contribution in [0, 0.1) is 6.92 Å². The average molecular weight is 314 g/mol. The molecule has 0 spiro atoms. The van der Waals surface area contributed by atoms with Gasteiger partial charge in [0.1, 0.15) is 0 Å². The molecule has 0 N–H and O–H groups in total. The molecule has 102 valence electrons. The zero-order chi connectivity index (χ0) is 13.1. The highest BCUT2D eigenvalue weighted by Gasteiger charge is 2.22. The number of hydrogen-bond acceptors (Lipinski definition) is 2. The van der Waals surface area contributed by atoms with Gasteiger partial charge in [0, 0.05) is 19.6 Å². The first-order valence-electron chi connectivity index (χ1n) is 7.05. The van der Waals surface area contributed by atoms with Crippen molar-refractivity contribution >= 4 is 15.9 Å². The largest absolute Gasteiger partial charge is 0.295 e. The highest BCUT2D eigenvalue weighted by atomic mass is 79.9. The third kappa shape index (κ3) is 2.97. The summed E-state index contributed by atoms with van der Waals surface area (Å²) in [4.78, 5) is 2.65. The summed E-state index contributed by atoms with van der Waals surface area (Å²) < 4.78 is 3.21. The zero-order valence-corrected chi connectivity index (χ0v) is 13.3. The number of likely N-dealkylation sites (tertiary alicyclic amines) is 1. The first-order chi connectivity index (χ1) is 8.63. The monoisotopic (exact) mass is 313 g/mol. The van der Waals surface area contributed by atoms with Gasteiger partial charge in [0.05, 0.1) is 15.9 Å². The van der Waals surface area contributed by atoms with Crippen molar-refractivity contribution in [1.29, 1.82) is 0 Å². The summed E-state index contributed by atoms with van der Waals surface area (Å²) in [5, 5.41) is 4.49. The molecule has 3 nitrogen and oxygen atoms in total. The van der Waals surface area contributed by atoms with Crippen molar-refractivity contribution in [3.8, 4) is 0 Å². The molecular formula is C14H24BrN3. The van der Waals surface area contributed by atoms with E-state index in [9.17, 15) is 0 Å². The number of aromatic nitrogens is 2. The van der Waals surface area contributed by atoms with E-state index in [1.807, 2.05) is 11.7 Å². The normalized spacial score (nSPS) is 22.1. The lowest BCUT2D eigenvalue weighted by molar-refractivity contribution is 0.181. The topological polar surface area (TPSA) is 21.1 Å². The summed E-state index contributed by atoms with van der Waals surface area (Å²) in [6.45, 7) is 6.63. The Hall–Kier alpha value is -0.350. The summed E-state index contributed by atoms with van der Waals surface area (Å²) in [6.07, 6.45) is 6.73. The molecule has 0 bridgehead atoms. The van der Waals surface area contributed by atoms with Crippen molar-refractivity contribution in [1.82, 2.24) is 14.7 Å². The van der Waals surface area contributed by atoms with E-state index in [1.165, 1.54) is 48.8 Å². The van der Waals surface area contributed by atoms with Crippen LogP contribution in [0.1, 0.15) is 50.4 Å². The van der Waals surface area contributed by atoms with Gasteiger partial charge in [0.25, 0.3) is 0 Å². The molecule has 1 aromatic rings. The maximum Gasteiger partial charge on any atom is 0.0739 e. The summed E-state index contributed by atoms with van der Waals surface area (Å²) in [5.74, 6) is 0. The van der Waals surface area contributed by atoms with Crippen LogP contribution in [-0.4, -0.2) is 27.3 Å². The lowest BCUT2D eigenvalue weighted by atomic mass is 10.1. The second kappa shape index (κ2) is 6.20. The fourth-order valence-corrected chi connectivity index (χ4v) is 3.41. The third-order valence-electron chi connectivity index (χ3n) is 4.08. The average Bonchev–Trinajstić information content (AvgIpc) is 2.56. The van der Waals surface area contributed by atoms with E-state index in [-0.39, 0.29) is 0 Å². The van der Waals surface area contributed by atoms with Crippen LogP contribution in [0.4, 0.5) is 0 Å². The van der Waals surface area contributed by atoms with E-state index >= 15 is 0 Å². The van der Waals surface area contributed by atoms with Gasteiger partial charge in [0.2, 0.25) is 0 Å². The quantitative estimate of drug-likeness (QED) is 0.849. The summed E-state index contributed by atoms with van der Waals surface area (Å²) in [7, 11) is 2.05. The van der Waals surface area contributed by atoms with E-state index < -0.39 is 0 Å². The Balaban J connectivity index is 2.15. The zero-order valence-electron chi connectivity index (χ0n) is 11.7. The van der Waals surface area contributed by atoms with Gasteiger partial charge in [-0.1, -0.05) is 19.8 Å². The van der Waals surface area contributed by atoms with Gasteiger partial charge < -0.3 is 0 Å². The molecule has 0 radical (unpaired) electrons. The maximum absolute atomic E-state index is 4.49. The van der Waals surface area contributed by atoms with Crippen LogP contribution in [0.5, 0.6) is 0 Å². The predicted molar refractivity (Wildman–Crippen MR) is 78.6 cm³/mol. The molecule has 2 heterocycles. The SMILES string of the molecule is CCC1CCCCCN1Cc1c(Br)c(C)nn1C. The molecule has 2 rings (SSSR count). The molecule has 1 fully saturated rings. The second-order valence-electron chi connectivity index (χ2n) is 5.35. The first-order valence-corrected chi connectivity index (χ1v) is 7.84. The van der Waals surface area contributed by atoms with Crippen LogP contribution in [0.3, 0.4) is 0 Å². The van der Waals surface area contributed by atoms with Crippen LogP contribution >= 0.6 is 15.9 Å². The van der Waals surface area contributed by atoms with Crippen molar-refractivity contribution in [3.63, 3.8) is 0 Å². The predicted octanol–water partition coefficient (Wildman–Crippen LogP) is 3.65. The maximum atomic E-state index is 4.49. The van der Waals surface area contributed by atoms with E-state index in [0.29, 0.717) is 0 Å². The van der Waals surface area contributed by atoms with Gasteiger partial charge in [-0.2, -0.15) is 5.10 Å². The lowest BCUT2D eigenvalue weighted by Crippen LogP contribution is -2.34. The molecule has 1 saturated heterocycles. The van der Waals surface area contributed by atoms with Crippen molar-refractivity contribution < 1.29 is 0 Å². The Labute approximate surface area is 119 Å². The molecule has 1 unspecified atom stereocenters. The number of rotatable bonds is 3. The van der Waals surface area contributed by atoms with Gasteiger partial charge in [-0.3, -0.25) is 9.58 Å². The Morgan fingerprint density at radius 3 is 2.72 bits per heavy atom. The van der Waals surface area contributed by atoms with E-state index in [2.05, 4.69) is 39.8 Å². The Bertz CT molecular complexity index is 400. The van der Waals surface area contributed by atoms with Crippen LogP contribution < -0.4 is 0 Å². The van der Waals surface area contributed by atoms with Crippen LogP contribution in [-0.2, 0) is 13.6 Å². The number of nitrogens with zero attached hydrogens (tertiary/aromatic N) is 3. The minimum Gasteiger partial charge on any atom is -0.295 e. The Morgan fingerprint density at radius 2 is 2.11 bits per heavy atom. The van der Waals surface area contributed by atoms with Crippen LogP contribution in [0.15, 0.2) is 4.47 Å². The minimum absolute atomic E-state index is 0.745. The summed E-state index contributed by atoms with van der Waals surface area (Å²) in [6, 6.07) is 0.745. The molecule has 1 aliphatic heterocycles. The fraction of sp³-hybridized carbons (Fsp3) is 0.786. The minimum atomic E-state index is 0.745. The molecule has 18 heavy (non-hydrogen) atoms. The molecule has 0 amide bonds. The van der Waals surface area contributed by atoms with E-state index in [0.717, 1.165) is 18.3 Å². The van der Waals surface area contributed by atoms with Crippen LogP contribution in [0.25, 0.3) is 0 Å². The van der Waals surface area contributed by atoms with Crippen LogP contribution in [0.2, 0.25) is 0 Å². The van der Waals surface area contributed by atoms with Crippen molar-refractivity contribution in [2.24, 2.45) is 7.05 Å². The van der Waals surface area contributed by atoms with E-state index in [4.69, 9.17) is 0 Å². The molecule has 1 atom stereocenters. The molecule has 1 aliphatic rings. The third-order valence-corrected chi connectivity index (χ3v) is 5.12. The van der Waals surface area contributed by atoms with Gasteiger partial charge in [-0.15, -0.1) is 0 Å². The number of hydrogen-bond donors (Lipinski definition) is 0. The Kier molecular flexibility index (Phi) is 4.84. The van der Waals surface area contributed by atoms with Crippen molar-refractivity contribution in [2.45, 2.75) is 58.5 Å². The van der Waals surface area contributed by atoms with Gasteiger partial charge in [-0.25, -0.2) is 0 Å². The molecule has 1 aromatic heterocycles. The van der Waals surface area contributed by atoms with Gasteiger partial charge in [0.15, 0.2) is 0 Å². The molecule has 4 heteroatoms. The lowest BCUT2D eigenvalue weighted by Gasteiger charge is -2.29. The molecule has 0 aromatic carbocycles. The molecule has 0 saturated carbocycles. The second-order valence-corrected chi connectivity index (χ2v) is 6.14. The van der Waals surface area contributed by atoms with Crippen molar-refractivity contribution in [3.05, 3.63) is 15.9 Å². The highest BCUT2D eigenvalue weighted by Crippen LogP contribution is 2.26. The number of halogens is 1. The molecule has 0 aliphatic carbocycles. The summed E-state index contributed by atoms with van der Waals surface area (Å²) >= 11 is 3.68. The van der Waals surface area contributed by atoms with Gasteiger partial charge in [-0.05, 0) is 48.7 Å². The molecular weight excluding hydrogens is 290 g/mol. The summed E-state index contributed by atoms with van der Waals surface area (Å²) in [5.41, 5.74) is 2.41. The fourth-order valence-electron chi connectivity index (χ4n) is 2.95. The van der Waals surface area contributed by atoms with Gasteiger partial charge >= 0.3 is 0 Å². The first kappa shape index (κ1) is 14.1. The standard InChI is InChI=1S/C14H24BrN3/c1-4-12-8-6-5-7-9-18(12)10-13-14(15)11(2)16-17(13)3/h12H,4-10H2,1-3H3. The van der Waals surface area contributed by atoms with E-state index in [1.54, 1.807) is 0 Å². The van der Waals surface area contributed by atoms with Crippen molar-refractivity contribution in [2.75, 3.05) is 6.54 Å². The number of aryl methyl sites for hydroxylation is 2. The highest BCUT2D eigenvalue weighted by molar-refractivity contribution is 9.10. The Morgan fingerprint density at radius 1 is 1.33 bits per heavy atom. The smallest absolute Gasteiger partial charge is 0.0739 e.